The molecule has 1 amide bonds. The van der Waals surface area contributed by atoms with Gasteiger partial charge in [-0.25, -0.2) is 0 Å². The van der Waals surface area contributed by atoms with Gasteiger partial charge in [-0.15, -0.1) is 0 Å². The highest BCUT2D eigenvalue weighted by Gasteiger charge is 2.35. The van der Waals surface area contributed by atoms with Gasteiger partial charge >= 0.3 is 0 Å². The number of hydrogen-bond acceptors (Lipinski definition) is 4. The van der Waals surface area contributed by atoms with Crippen LogP contribution in [0.1, 0.15) is 44.2 Å². The van der Waals surface area contributed by atoms with E-state index in [1.807, 2.05) is 21.6 Å². The molecular weight excluding hydrogens is 342 g/mol. The standard InChI is InChI=1S/C21H29N3O3/c1-15-4-3-7-23(10-15)21(27)9-18(25)14-22-11-16-8-17(13-22)19-5-2-6-20(26)24(19)12-16/h2,5-6,15-17H,3-4,7-14H2,1H3. The van der Waals surface area contributed by atoms with Gasteiger partial charge < -0.3 is 9.47 Å². The molecule has 0 aromatic carbocycles. The van der Waals surface area contributed by atoms with Gasteiger partial charge in [-0.2, -0.15) is 0 Å². The van der Waals surface area contributed by atoms with Crippen molar-refractivity contribution in [2.45, 2.75) is 45.1 Å². The van der Waals surface area contributed by atoms with Crippen LogP contribution in [0, 0.1) is 11.8 Å². The number of piperidine rings is 2. The van der Waals surface area contributed by atoms with Crippen LogP contribution in [-0.2, 0) is 16.1 Å². The number of likely N-dealkylation sites (tertiary alicyclic amines) is 2. The Balaban J connectivity index is 1.35. The fourth-order valence-electron chi connectivity index (χ4n) is 5.13. The Morgan fingerprint density at radius 2 is 2.00 bits per heavy atom. The second-order valence-electron chi connectivity index (χ2n) is 8.69. The second kappa shape index (κ2) is 7.58. The Labute approximate surface area is 160 Å². The molecule has 1 aromatic rings. The fourth-order valence-corrected chi connectivity index (χ4v) is 5.13. The van der Waals surface area contributed by atoms with Crippen LogP contribution in [0.4, 0.5) is 0 Å². The second-order valence-corrected chi connectivity index (χ2v) is 8.69. The molecule has 2 saturated heterocycles. The van der Waals surface area contributed by atoms with Crippen molar-refractivity contribution in [3.05, 3.63) is 34.2 Å². The smallest absolute Gasteiger partial charge is 0.250 e. The molecule has 3 atom stereocenters. The summed E-state index contributed by atoms with van der Waals surface area (Å²) in [7, 11) is 0. The maximum absolute atomic E-state index is 12.5. The number of hydrogen-bond donors (Lipinski definition) is 0. The lowest BCUT2D eigenvalue weighted by molar-refractivity contribution is -0.137. The number of Topliss-reactive ketones (excluding diaryl/α,β-unsaturated/α-hetero) is 1. The fraction of sp³-hybridized carbons (Fsp3) is 0.667. The Kier molecular flexibility index (Phi) is 5.17. The molecule has 4 heterocycles. The van der Waals surface area contributed by atoms with E-state index in [1.165, 1.54) is 6.42 Å². The van der Waals surface area contributed by atoms with Gasteiger partial charge in [-0.05, 0) is 37.2 Å². The molecule has 6 heteroatoms. The highest BCUT2D eigenvalue weighted by Crippen LogP contribution is 2.34. The predicted octanol–water partition coefficient (Wildman–Crippen LogP) is 1.49. The van der Waals surface area contributed by atoms with Gasteiger partial charge in [-0.1, -0.05) is 13.0 Å². The van der Waals surface area contributed by atoms with Crippen molar-refractivity contribution in [1.82, 2.24) is 14.4 Å². The lowest BCUT2D eigenvalue weighted by atomic mass is 9.83. The van der Waals surface area contributed by atoms with Crippen LogP contribution in [0.25, 0.3) is 0 Å². The first-order valence-electron chi connectivity index (χ1n) is 10.2. The van der Waals surface area contributed by atoms with Crippen molar-refractivity contribution < 1.29 is 9.59 Å². The predicted molar refractivity (Wildman–Crippen MR) is 103 cm³/mol. The minimum atomic E-state index is -0.0133. The number of carbonyl (C=O) groups excluding carboxylic acids is 2. The van der Waals surface area contributed by atoms with Crippen LogP contribution in [0.5, 0.6) is 0 Å². The minimum absolute atomic E-state index is 0.0133. The third-order valence-corrected chi connectivity index (χ3v) is 6.31. The first-order valence-corrected chi connectivity index (χ1v) is 10.2. The summed E-state index contributed by atoms with van der Waals surface area (Å²) in [5, 5.41) is 0. The van der Waals surface area contributed by atoms with Crippen LogP contribution in [-0.4, -0.2) is 58.8 Å². The lowest BCUT2D eigenvalue weighted by Gasteiger charge is -2.42. The van der Waals surface area contributed by atoms with Crippen LogP contribution < -0.4 is 5.56 Å². The number of carbonyl (C=O) groups is 2. The lowest BCUT2D eigenvalue weighted by Crippen LogP contribution is -2.48. The SMILES string of the molecule is CC1CCCN(C(=O)CC(=O)CN2CC3CC(C2)c2cccc(=O)n2C3)C1. The molecular formula is C21H29N3O3. The quantitative estimate of drug-likeness (QED) is 0.753. The van der Waals surface area contributed by atoms with E-state index in [1.54, 1.807) is 6.07 Å². The maximum Gasteiger partial charge on any atom is 0.250 e. The summed E-state index contributed by atoms with van der Waals surface area (Å²) in [5.41, 5.74) is 1.17. The molecule has 4 rings (SSSR count). The number of ketones is 1. The largest absolute Gasteiger partial charge is 0.342 e. The van der Waals surface area contributed by atoms with E-state index in [9.17, 15) is 14.4 Å². The Bertz CT molecular complexity index is 787. The Morgan fingerprint density at radius 1 is 1.15 bits per heavy atom. The molecule has 0 spiro atoms. The van der Waals surface area contributed by atoms with Gasteiger partial charge in [0.25, 0.3) is 5.56 Å². The van der Waals surface area contributed by atoms with Crippen molar-refractivity contribution in [3.63, 3.8) is 0 Å². The van der Waals surface area contributed by atoms with E-state index < -0.39 is 0 Å². The van der Waals surface area contributed by atoms with Gasteiger partial charge in [0.2, 0.25) is 5.91 Å². The van der Waals surface area contributed by atoms with Crippen molar-refractivity contribution in [2.24, 2.45) is 11.8 Å². The number of pyridine rings is 1. The third kappa shape index (κ3) is 4.00. The molecule has 3 unspecified atom stereocenters. The van der Waals surface area contributed by atoms with Crippen molar-refractivity contribution in [1.29, 1.82) is 0 Å². The van der Waals surface area contributed by atoms with E-state index in [0.717, 1.165) is 51.3 Å². The number of amides is 1. The zero-order valence-corrected chi connectivity index (χ0v) is 16.1. The summed E-state index contributed by atoms with van der Waals surface area (Å²) >= 11 is 0. The first kappa shape index (κ1) is 18.4. The van der Waals surface area contributed by atoms with Crippen LogP contribution >= 0.6 is 0 Å². The van der Waals surface area contributed by atoms with Crippen LogP contribution in [0.3, 0.4) is 0 Å². The molecule has 0 radical (unpaired) electrons. The zero-order chi connectivity index (χ0) is 19.0. The number of aromatic nitrogens is 1. The molecule has 0 N–H and O–H groups in total. The van der Waals surface area contributed by atoms with Crippen LogP contribution in [0.2, 0.25) is 0 Å². The Hall–Kier alpha value is -1.95. The summed E-state index contributed by atoms with van der Waals surface area (Å²) in [4.78, 5) is 41.1. The summed E-state index contributed by atoms with van der Waals surface area (Å²) < 4.78 is 1.90. The molecule has 3 aliphatic heterocycles. The molecule has 146 valence electrons. The zero-order valence-electron chi connectivity index (χ0n) is 16.1. The number of fused-ring (bicyclic) bond motifs is 4. The third-order valence-electron chi connectivity index (χ3n) is 6.31. The monoisotopic (exact) mass is 371 g/mol. The summed E-state index contributed by atoms with van der Waals surface area (Å²) in [6.07, 6.45) is 3.31. The van der Waals surface area contributed by atoms with Gasteiger partial charge in [-0.3, -0.25) is 19.3 Å². The van der Waals surface area contributed by atoms with E-state index in [0.29, 0.717) is 24.3 Å². The van der Waals surface area contributed by atoms with Crippen molar-refractivity contribution in [3.8, 4) is 0 Å². The molecule has 2 bridgehead atoms. The van der Waals surface area contributed by atoms with Gasteiger partial charge in [0.05, 0.1) is 13.0 Å². The number of nitrogens with zero attached hydrogens (tertiary/aromatic N) is 3. The summed E-state index contributed by atoms with van der Waals surface area (Å²) in [6.45, 7) is 6.44. The van der Waals surface area contributed by atoms with Crippen LogP contribution in [0.15, 0.2) is 23.0 Å². The van der Waals surface area contributed by atoms with E-state index in [2.05, 4.69) is 11.8 Å². The van der Waals surface area contributed by atoms with Crippen molar-refractivity contribution in [2.75, 3.05) is 32.7 Å². The number of rotatable bonds is 4. The first-order chi connectivity index (χ1) is 13.0. The molecule has 2 fully saturated rings. The molecule has 3 aliphatic rings. The maximum atomic E-state index is 12.5. The highest BCUT2D eigenvalue weighted by molar-refractivity contribution is 5.99. The molecule has 0 saturated carbocycles. The van der Waals surface area contributed by atoms with Gasteiger partial charge in [0, 0.05) is 50.4 Å². The van der Waals surface area contributed by atoms with E-state index in [4.69, 9.17) is 0 Å². The molecule has 1 aromatic heterocycles. The van der Waals surface area contributed by atoms with E-state index in [-0.39, 0.29) is 23.7 Å². The van der Waals surface area contributed by atoms with Gasteiger partial charge in [0.1, 0.15) is 0 Å². The molecule has 27 heavy (non-hydrogen) atoms. The van der Waals surface area contributed by atoms with Crippen molar-refractivity contribution >= 4 is 11.7 Å². The molecule has 0 aliphatic carbocycles. The minimum Gasteiger partial charge on any atom is -0.342 e. The summed E-state index contributed by atoms with van der Waals surface area (Å²) in [5.74, 6) is 1.24. The van der Waals surface area contributed by atoms with E-state index >= 15 is 0 Å². The highest BCUT2D eigenvalue weighted by atomic mass is 16.2. The normalized spacial score (nSPS) is 27.9. The van der Waals surface area contributed by atoms with Gasteiger partial charge in [0.15, 0.2) is 5.78 Å². The average Bonchev–Trinajstić information content (AvgIpc) is 2.62. The Morgan fingerprint density at radius 3 is 2.81 bits per heavy atom. The average molecular weight is 371 g/mol. The summed E-state index contributed by atoms with van der Waals surface area (Å²) in [6, 6.07) is 5.49. The molecule has 6 nitrogen and oxygen atoms in total. The topological polar surface area (TPSA) is 62.6 Å².